The number of para-hydroxylation sites is 1. The number of pyridine rings is 1. The topological polar surface area (TPSA) is 62.0 Å². The summed E-state index contributed by atoms with van der Waals surface area (Å²) in [4.78, 5) is 27.1. The van der Waals surface area contributed by atoms with E-state index in [2.05, 4.69) is 24.1 Å². The highest BCUT2D eigenvalue weighted by molar-refractivity contribution is 5.94. The number of rotatable bonds is 5. The van der Waals surface area contributed by atoms with Crippen LogP contribution >= 0.6 is 0 Å². The summed E-state index contributed by atoms with van der Waals surface area (Å²) in [6, 6.07) is 8.56. The number of hydrogen-bond acceptors (Lipinski definition) is 2. The smallest absolute Gasteiger partial charge is 0.267 e. The SMILES string of the molecule is CCC(CC)CNC(=O)c1cc(=O)c2ccccc2[nH]1. The van der Waals surface area contributed by atoms with Crippen molar-refractivity contribution in [1.29, 1.82) is 0 Å². The molecule has 2 aromatic rings. The summed E-state index contributed by atoms with van der Waals surface area (Å²) in [7, 11) is 0. The lowest BCUT2D eigenvalue weighted by molar-refractivity contribution is 0.0941. The molecular formula is C16H20N2O2. The zero-order valence-electron chi connectivity index (χ0n) is 11.9. The van der Waals surface area contributed by atoms with E-state index in [-0.39, 0.29) is 11.3 Å². The molecule has 4 heteroatoms. The fraction of sp³-hybridized carbons (Fsp3) is 0.375. The lowest BCUT2D eigenvalue weighted by atomic mass is 10.0. The summed E-state index contributed by atoms with van der Waals surface area (Å²) in [5, 5.41) is 3.48. The standard InChI is InChI=1S/C16H20N2O2/c1-3-11(4-2)10-17-16(20)14-9-15(19)12-7-5-6-8-13(12)18-14/h5-9,11H,3-4,10H2,1-2H3,(H,17,20)(H,18,19). The monoisotopic (exact) mass is 272 g/mol. The first-order chi connectivity index (χ1) is 9.65. The van der Waals surface area contributed by atoms with Crippen molar-refractivity contribution in [2.45, 2.75) is 26.7 Å². The van der Waals surface area contributed by atoms with Gasteiger partial charge in [0.25, 0.3) is 5.91 Å². The molecule has 0 aliphatic rings. The Kier molecular flexibility index (Phi) is 4.56. The van der Waals surface area contributed by atoms with Crippen LogP contribution in [0.4, 0.5) is 0 Å². The molecule has 0 fully saturated rings. The third kappa shape index (κ3) is 3.07. The fourth-order valence-corrected chi connectivity index (χ4v) is 2.23. The van der Waals surface area contributed by atoms with Crippen LogP contribution in [0.25, 0.3) is 10.9 Å². The van der Waals surface area contributed by atoms with Crippen LogP contribution in [0, 0.1) is 5.92 Å². The van der Waals surface area contributed by atoms with E-state index in [1.54, 1.807) is 12.1 Å². The van der Waals surface area contributed by atoms with Gasteiger partial charge in [-0.05, 0) is 18.1 Å². The normalized spacial score (nSPS) is 10.9. The van der Waals surface area contributed by atoms with Gasteiger partial charge in [0, 0.05) is 23.5 Å². The average Bonchev–Trinajstić information content (AvgIpc) is 2.48. The zero-order valence-corrected chi connectivity index (χ0v) is 11.9. The van der Waals surface area contributed by atoms with Gasteiger partial charge in [-0.1, -0.05) is 38.8 Å². The van der Waals surface area contributed by atoms with E-state index in [1.165, 1.54) is 6.07 Å². The molecule has 1 aromatic heterocycles. The molecule has 2 N–H and O–H groups in total. The highest BCUT2D eigenvalue weighted by Crippen LogP contribution is 2.08. The van der Waals surface area contributed by atoms with Gasteiger partial charge in [0.2, 0.25) is 0 Å². The number of carbonyl (C=O) groups is 1. The first kappa shape index (κ1) is 14.3. The van der Waals surface area contributed by atoms with Crippen LogP contribution in [0.2, 0.25) is 0 Å². The number of fused-ring (bicyclic) bond motifs is 1. The van der Waals surface area contributed by atoms with E-state index in [1.807, 2.05) is 12.1 Å². The van der Waals surface area contributed by atoms with Gasteiger partial charge in [0.15, 0.2) is 5.43 Å². The minimum absolute atomic E-state index is 0.132. The number of nitrogens with one attached hydrogen (secondary N) is 2. The maximum Gasteiger partial charge on any atom is 0.267 e. The molecule has 0 saturated heterocycles. The van der Waals surface area contributed by atoms with Gasteiger partial charge < -0.3 is 10.3 Å². The number of amides is 1. The van der Waals surface area contributed by atoms with Gasteiger partial charge in [0.05, 0.1) is 0 Å². The van der Waals surface area contributed by atoms with Crippen LogP contribution in [0.3, 0.4) is 0 Å². The molecule has 0 unspecified atom stereocenters. The number of carbonyl (C=O) groups excluding carboxylic acids is 1. The summed E-state index contributed by atoms with van der Waals surface area (Å²) in [5.41, 5.74) is 0.874. The number of aromatic nitrogens is 1. The predicted molar refractivity (Wildman–Crippen MR) is 81.0 cm³/mol. The average molecular weight is 272 g/mol. The van der Waals surface area contributed by atoms with Crippen LogP contribution in [0.15, 0.2) is 35.1 Å². The summed E-state index contributed by atoms with van der Waals surface area (Å²) >= 11 is 0. The van der Waals surface area contributed by atoms with E-state index < -0.39 is 0 Å². The molecule has 4 nitrogen and oxygen atoms in total. The van der Waals surface area contributed by atoms with Crippen molar-refractivity contribution in [3.63, 3.8) is 0 Å². The van der Waals surface area contributed by atoms with Gasteiger partial charge in [0.1, 0.15) is 5.69 Å². The van der Waals surface area contributed by atoms with Crippen LogP contribution < -0.4 is 10.7 Å². The van der Waals surface area contributed by atoms with Gasteiger partial charge in [-0.15, -0.1) is 0 Å². The van der Waals surface area contributed by atoms with Gasteiger partial charge in [-0.25, -0.2) is 0 Å². The van der Waals surface area contributed by atoms with Crippen molar-refractivity contribution < 1.29 is 4.79 Å². The highest BCUT2D eigenvalue weighted by Gasteiger charge is 2.11. The van der Waals surface area contributed by atoms with E-state index >= 15 is 0 Å². The van der Waals surface area contributed by atoms with Gasteiger partial charge >= 0.3 is 0 Å². The molecular weight excluding hydrogens is 252 g/mol. The minimum Gasteiger partial charge on any atom is -0.350 e. The first-order valence-corrected chi connectivity index (χ1v) is 7.06. The Morgan fingerprint density at radius 1 is 1.25 bits per heavy atom. The molecule has 0 atom stereocenters. The molecule has 0 aliphatic carbocycles. The van der Waals surface area contributed by atoms with Gasteiger partial charge in [-0.2, -0.15) is 0 Å². The highest BCUT2D eigenvalue weighted by atomic mass is 16.2. The lowest BCUT2D eigenvalue weighted by Crippen LogP contribution is -2.30. The molecule has 0 saturated carbocycles. The minimum atomic E-state index is -0.222. The maximum atomic E-state index is 12.1. The number of H-pyrrole nitrogens is 1. The van der Waals surface area contributed by atoms with Crippen LogP contribution in [-0.2, 0) is 0 Å². The third-order valence-electron chi connectivity index (χ3n) is 3.69. The number of aromatic amines is 1. The Balaban J connectivity index is 2.20. The Morgan fingerprint density at radius 2 is 1.95 bits per heavy atom. The molecule has 0 spiro atoms. The van der Waals surface area contributed by atoms with E-state index in [9.17, 15) is 9.59 Å². The van der Waals surface area contributed by atoms with Crippen molar-refractivity contribution in [1.82, 2.24) is 10.3 Å². The quantitative estimate of drug-likeness (QED) is 0.879. The molecule has 1 aromatic carbocycles. The molecule has 1 heterocycles. The van der Waals surface area contributed by atoms with E-state index in [4.69, 9.17) is 0 Å². The predicted octanol–water partition coefficient (Wildman–Crippen LogP) is 2.69. The van der Waals surface area contributed by atoms with E-state index in [0.717, 1.165) is 12.8 Å². The van der Waals surface area contributed by atoms with Crippen molar-refractivity contribution in [3.8, 4) is 0 Å². The number of benzene rings is 1. The van der Waals surface area contributed by atoms with Crippen molar-refractivity contribution in [2.24, 2.45) is 5.92 Å². The fourth-order valence-electron chi connectivity index (χ4n) is 2.23. The molecule has 0 aliphatic heterocycles. The van der Waals surface area contributed by atoms with Crippen LogP contribution in [0.5, 0.6) is 0 Å². The van der Waals surface area contributed by atoms with E-state index in [0.29, 0.717) is 29.1 Å². The Labute approximate surface area is 118 Å². The van der Waals surface area contributed by atoms with Gasteiger partial charge in [-0.3, -0.25) is 9.59 Å². The summed E-state index contributed by atoms with van der Waals surface area (Å²) < 4.78 is 0. The van der Waals surface area contributed by atoms with Crippen LogP contribution in [0.1, 0.15) is 37.2 Å². The lowest BCUT2D eigenvalue weighted by Gasteiger charge is -2.13. The first-order valence-electron chi connectivity index (χ1n) is 7.06. The second kappa shape index (κ2) is 6.37. The maximum absolute atomic E-state index is 12.1. The second-order valence-electron chi connectivity index (χ2n) is 4.99. The zero-order chi connectivity index (χ0) is 14.5. The van der Waals surface area contributed by atoms with Crippen LogP contribution in [-0.4, -0.2) is 17.4 Å². The third-order valence-corrected chi connectivity index (χ3v) is 3.69. The van der Waals surface area contributed by atoms with Crippen molar-refractivity contribution in [3.05, 3.63) is 46.2 Å². The molecule has 0 bridgehead atoms. The summed E-state index contributed by atoms with van der Waals surface area (Å²) in [6.45, 7) is 4.86. The summed E-state index contributed by atoms with van der Waals surface area (Å²) in [5.74, 6) is 0.255. The summed E-state index contributed by atoms with van der Waals surface area (Å²) in [6.07, 6.45) is 2.07. The Morgan fingerprint density at radius 3 is 2.65 bits per heavy atom. The largest absolute Gasteiger partial charge is 0.350 e. The molecule has 1 amide bonds. The molecule has 2 rings (SSSR count). The number of hydrogen-bond donors (Lipinski definition) is 2. The second-order valence-corrected chi connectivity index (χ2v) is 4.99. The molecule has 0 radical (unpaired) electrons. The van der Waals surface area contributed by atoms with Crippen molar-refractivity contribution in [2.75, 3.05) is 6.54 Å². The molecule has 20 heavy (non-hydrogen) atoms. The molecule has 106 valence electrons. The Hall–Kier alpha value is -2.10. The van der Waals surface area contributed by atoms with Crippen molar-refractivity contribution >= 4 is 16.8 Å². The Bertz CT molecular complexity index is 657.